The van der Waals surface area contributed by atoms with E-state index in [-0.39, 0.29) is 17.0 Å². The molecule has 2 unspecified atom stereocenters. The van der Waals surface area contributed by atoms with Gasteiger partial charge in [-0.15, -0.1) is 0 Å². The molecular formula is C28H41N3O3. The highest BCUT2D eigenvalue weighted by Crippen LogP contribution is 2.30. The first-order chi connectivity index (χ1) is 16.4. The number of likely N-dealkylation sites (tertiary alicyclic amines) is 1. The molecule has 0 radical (unpaired) electrons. The number of aromatic nitrogens is 1. The summed E-state index contributed by atoms with van der Waals surface area (Å²) in [6.45, 7) is 8.59. The lowest BCUT2D eigenvalue weighted by molar-refractivity contribution is -0.154. The molecular weight excluding hydrogens is 426 g/mol. The zero-order valence-corrected chi connectivity index (χ0v) is 21.2. The molecule has 0 N–H and O–H groups in total. The Kier molecular flexibility index (Phi) is 8.10. The summed E-state index contributed by atoms with van der Waals surface area (Å²) in [5, 5.41) is 1.02. The number of para-hydroxylation sites is 1. The molecule has 2 aliphatic heterocycles. The molecule has 0 spiro atoms. The summed E-state index contributed by atoms with van der Waals surface area (Å²) in [6.07, 6.45) is 7.95. The molecule has 2 aliphatic rings. The van der Waals surface area contributed by atoms with Gasteiger partial charge in [-0.05, 0) is 82.5 Å². The third kappa shape index (κ3) is 5.38. The number of ether oxygens (including phenoxy) is 1. The molecule has 2 aromatic rings. The number of nitrogens with zero attached hydrogens (tertiary/aromatic N) is 3. The van der Waals surface area contributed by atoms with Gasteiger partial charge in [0.1, 0.15) is 6.10 Å². The maximum absolute atomic E-state index is 13.9. The van der Waals surface area contributed by atoms with Gasteiger partial charge in [0.05, 0.1) is 12.1 Å². The molecule has 6 nitrogen and oxygen atoms in total. The van der Waals surface area contributed by atoms with E-state index in [1.807, 2.05) is 42.3 Å². The molecule has 2 atom stereocenters. The van der Waals surface area contributed by atoms with Gasteiger partial charge in [-0.25, -0.2) is 0 Å². The Morgan fingerprint density at radius 3 is 2.62 bits per heavy atom. The van der Waals surface area contributed by atoms with Gasteiger partial charge in [-0.1, -0.05) is 31.5 Å². The Hall–Kier alpha value is -2.18. The van der Waals surface area contributed by atoms with Gasteiger partial charge in [-0.2, -0.15) is 0 Å². The Morgan fingerprint density at radius 2 is 1.91 bits per heavy atom. The number of amides is 1. The number of benzene rings is 1. The molecule has 186 valence electrons. The summed E-state index contributed by atoms with van der Waals surface area (Å²) < 4.78 is 7.64. The van der Waals surface area contributed by atoms with Crippen LogP contribution in [-0.2, 0) is 23.1 Å². The third-order valence-electron chi connectivity index (χ3n) is 8.09. The van der Waals surface area contributed by atoms with E-state index in [0.29, 0.717) is 18.7 Å². The van der Waals surface area contributed by atoms with Gasteiger partial charge in [-0.3, -0.25) is 9.59 Å². The van der Waals surface area contributed by atoms with Gasteiger partial charge in [0.2, 0.25) is 0 Å². The molecule has 0 bridgehead atoms. The minimum absolute atomic E-state index is 0.0319. The second-order valence-corrected chi connectivity index (χ2v) is 10.4. The number of carbonyl (C=O) groups is 1. The first kappa shape index (κ1) is 24.9. The van der Waals surface area contributed by atoms with Crippen LogP contribution in [-0.4, -0.2) is 58.2 Å². The zero-order valence-electron chi connectivity index (χ0n) is 21.2. The third-order valence-corrected chi connectivity index (χ3v) is 8.09. The van der Waals surface area contributed by atoms with Crippen molar-refractivity contribution in [1.29, 1.82) is 0 Å². The van der Waals surface area contributed by atoms with Crippen molar-refractivity contribution in [2.45, 2.75) is 83.4 Å². The van der Waals surface area contributed by atoms with Crippen molar-refractivity contribution in [3.05, 3.63) is 46.2 Å². The molecule has 2 saturated heterocycles. The lowest BCUT2D eigenvalue weighted by Gasteiger charge is -2.44. The van der Waals surface area contributed by atoms with E-state index < -0.39 is 6.10 Å². The standard InChI is InChI=1S/C28H41N3O3/c1-4-28(2,15-18-30-16-9-5-10-17-30)31(27(33)25-14-8-11-19-34-25)21-23-20-22-12-6-7-13-24(22)29(3)26(23)32/h6-7,12-13,20,25H,4-5,8-11,14-19,21H2,1-3H3. The minimum atomic E-state index is -0.404. The zero-order chi connectivity index (χ0) is 24.1. The highest BCUT2D eigenvalue weighted by Gasteiger charge is 2.38. The van der Waals surface area contributed by atoms with E-state index in [1.54, 1.807) is 4.57 Å². The van der Waals surface area contributed by atoms with Crippen molar-refractivity contribution in [1.82, 2.24) is 14.4 Å². The lowest BCUT2D eigenvalue weighted by atomic mass is 9.89. The second-order valence-electron chi connectivity index (χ2n) is 10.4. The summed E-state index contributed by atoms with van der Waals surface area (Å²) in [7, 11) is 1.82. The van der Waals surface area contributed by atoms with Crippen LogP contribution >= 0.6 is 0 Å². The quantitative estimate of drug-likeness (QED) is 0.574. The number of fused-ring (bicyclic) bond motifs is 1. The predicted molar refractivity (Wildman–Crippen MR) is 137 cm³/mol. The van der Waals surface area contributed by atoms with Crippen LogP contribution in [0.25, 0.3) is 10.9 Å². The lowest BCUT2D eigenvalue weighted by Crippen LogP contribution is -2.55. The SMILES string of the molecule is CCC(C)(CCN1CCCCC1)N(Cc1cc2ccccc2n(C)c1=O)C(=O)C1CCCCO1. The molecule has 3 heterocycles. The van der Waals surface area contributed by atoms with Crippen LogP contribution in [0.1, 0.15) is 70.8 Å². The molecule has 1 aromatic heterocycles. The topological polar surface area (TPSA) is 54.8 Å². The molecule has 1 amide bonds. The molecule has 1 aromatic carbocycles. The summed E-state index contributed by atoms with van der Waals surface area (Å²) in [5.41, 5.74) is 1.21. The van der Waals surface area contributed by atoms with Gasteiger partial charge in [0.25, 0.3) is 11.5 Å². The molecule has 2 fully saturated rings. The van der Waals surface area contributed by atoms with E-state index in [0.717, 1.165) is 62.6 Å². The fourth-order valence-electron chi connectivity index (χ4n) is 5.50. The maximum atomic E-state index is 13.9. The van der Waals surface area contributed by atoms with E-state index in [4.69, 9.17) is 4.74 Å². The fourth-order valence-corrected chi connectivity index (χ4v) is 5.50. The Labute approximate surface area is 203 Å². The average molecular weight is 468 g/mol. The highest BCUT2D eigenvalue weighted by molar-refractivity contribution is 5.82. The van der Waals surface area contributed by atoms with Crippen LogP contribution in [0.15, 0.2) is 35.1 Å². The van der Waals surface area contributed by atoms with Crippen LogP contribution in [0.2, 0.25) is 0 Å². The number of hydrogen-bond acceptors (Lipinski definition) is 4. The van der Waals surface area contributed by atoms with Crippen molar-refractivity contribution in [3.63, 3.8) is 0 Å². The number of rotatable bonds is 8. The van der Waals surface area contributed by atoms with Crippen molar-refractivity contribution in [2.24, 2.45) is 7.05 Å². The second kappa shape index (κ2) is 11.0. The molecule has 0 aliphatic carbocycles. The van der Waals surface area contributed by atoms with E-state index in [9.17, 15) is 9.59 Å². The number of pyridine rings is 1. The number of carbonyl (C=O) groups excluding carboxylic acids is 1. The van der Waals surface area contributed by atoms with Crippen LogP contribution in [0.5, 0.6) is 0 Å². The largest absolute Gasteiger partial charge is 0.368 e. The summed E-state index contributed by atoms with van der Waals surface area (Å²) in [4.78, 5) is 31.7. The van der Waals surface area contributed by atoms with Gasteiger partial charge in [0.15, 0.2) is 0 Å². The summed E-state index contributed by atoms with van der Waals surface area (Å²) >= 11 is 0. The van der Waals surface area contributed by atoms with E-state index in [1.165, 1.54) is 19.3 Å². The van der Waals surface area contributed by atoms with Gasteiger partial charge < -0.3 is 19.1 Å². The summed E-state index contributed by atoms with van der Waals surface area (Å²) in [5.74, 6) is 0.0397. The van der Waals surface area contributed by atoms with Crippen LogP contribution in [0.3, 0.4) is 0 Å². The Morgan fingerprint density at radius 1 is 1.15 bits per heavy atom. The van der Waals surface area contributed by atoms with E-state index in [2.05, 4.69) is 18.7 Å². The number of hydrogen-bond donors (Lipinski definition) is 0. The van der Waals surface area contributed by atoms with Crippen molar-refractivity contribution < 1.29 is 9.53 Å². The maximum Gasteiger partial charge on any atom is 0.255 e. The van der Waals surface area contributed by atoms with Crippen molar-refractivity contribution in [2.75, 3.05) is 26.2 Å². The molecule has 0 saturated carbocycles. The van der Waals surface area contributed by atoms with Crippen molar-refractivity contribution in [3.8, 4) is 0 Å². The molecule has 4 rings (SSSR count). The number of piperidine rings is 1. The van der Waals surface area contributed by atoms with Crippen LogP contribution < -0.4 is 5.56 Å². The monoisotopic (exact) mass is 467 g/mol. The first-order valence-electron chi connectivity index (χ1n) is 13.2. The number of aryl methyl sites for hydroxylation is 1. The smallest absolute Gasteiger partial charge is 0.255 e. The Balaban J connectivity index is 1.65. The van der Waals surface area contributed by atoms with Crippen LogP contribution in [0.4, 0.5) is 0 Å². The molecule has 34 heavy (non-hydrogen) atoms. The predicted octanol–water partition coefficient (Wildman–Crippen LogP) is 4.48. The minimum Gasteiger partial charge on any atom is -0.368 e. The highest BCUT2D eigenvalue weighted by atomic mass is 16.5. The first-order valence-corrected chi connectivity index (χ1v) is 13.2. The fraction of sp³-hybridized carbons (Fsp3) is 0.643. The molecule has 6 heteroatoms. The Bertz CT molecular complexity index is 1040. The van der Waals surface area contributed by atoms with Crippen LogP contribution in [0, 0.1) is 0 Å². The van der Waals surface area contributed by atoms with Gasteiger partial charge in [0, 0.05) is 31.3 Å². The summed E-state index contributed by atoms with van der Waals surface area (Å²) in [6, 6.07) is 9.91. The van der Waals surface area contributed by atoms with E-state index >= 15 is 0 Å². The normalized spacial score (nSPS) is 21.3. The van der Waals surface area contributed by atoms with Crippen molar-refractivity contribution >= 4 is 16.8 Å². The average Bonchev–Trinajstić information content (AvgIpc) is 2.89. The van der Waals surface area contributed by atoms with Gasteiger partial charge >= 0.3 is 0 Å².